The van der Waals surface area contributed by atoms with Crippen LogP contribution >= 0.6 is 11.8 Å². The minimum atomic E-state index is 0.0117. The van der Waals surface area contributed by atoms with Crippen LogP contribution in [-0.2, 0) is 6.54 Å². The van der Waals surface area contributed by atoms with Crippen molar-refractivity contribution >= 4 is 45.0 Å². The molecular formula is C25H21N5O2S. The molecule has 0 unspecified atom stereocenters. The van der Waals surface area contributed by atoms with Gasteiger partial charge in [0.1, 0.15) is 5.75 Å². The molecule has 0 fully saturated rings. The number of carbonyl (C=O) groups is 1. The van der Waals surface area contributed by atoms with Crippen LogP contribution in [0, 0.1) is 18.3 Å². The van der Waals surface area contributed by atoms with Crippen LogP contribution in [0.15, 0.2) is 59.9 Å². The van der Waals surface area contributed by atoms with Crippen molar-refractivity contribution in [2.75, 3.05) is 12.9 Å². The molecule has 5 rings (SSSR count). The van der Waals surface area contributed by atoms with Gasteiger partial charge in [0.2, 0.25) is 0 Å². The van der Waals surface area contributed by atoms with E-state index in [9.17, 15) is 4.79 Å². The summed E-state index contributed by atoms with van der Waals surface area (Å²) in [6, 6.07) is 17.9. The van der Waals surface area contributed by atoms with E-state index in [1.165, 1.54) is 11.8 Å². The Bertz CT molecular complexity index is 1560. The van der Waals surface area contributed by atoms with Crippen LogP contribution in [0.25, 0.3) is 27.5 Å². The number of aromatic nitrogens is 4. The normalized spacial score (nSPS) is 11.3. The Morgan fingerprint density at radius 1 is 1.12 bits per heavy atom. The van der Waals surface area contributed by atoms with Gasteiger partial charge >= 0.3 is 0 Å². The van der Waals surface area contributed by atoms with Crippen molar-refractivity contribution in [1.29, 1.82) is 5.26 Å². The van der Waals surface area contributed by atoms with E-state index in [1.807, 2.05) is 70.6 Å². The molecule has 0 amide bonds. The van der Waals surface area contributed by atoms with Crippen LogP contribution in [-0.4, -0.2) is 37.8 Å². The van der Waals surface area contributed by atoms with Crippen molar-refractivity contribution in [3.05, 3.63) is 65.9 Å². The number of pyridine rings is 1. The lowest BCUT2D eigenvalue weighted by Gasteiger charge is -2.09. The molecule has 3 heterocycles. The number of carbonyl (C=O) groups excluding carboxylic acids is 1. The van der Waals surface area contributed by atoms with E-state index in [4.69, 9.17) is 10.00 Å². The monoisotopic (exact) mass is 455 g/mol. The standard InChI is InChI=1S/C25H21N5O2S/c1-16-12-24-27-28-25(30(24)22-13-17(32-2)8-9-18(16)22)33-15-23(31)20-14-29(11-5-10-26)21-7-4-3-6-19(20)21/h3-4,6-9,12-14H,5,11,15H2,1-2H3. The average molecular weight is 456 g/mol. The number of ether oxygens (including phenoxy) is 1. The van der Waals surface area contributed by atoms with E-state index in [2.05, 4.69) is 16.3 Å². The fraction of sp³-hybridized carbons (Fsp3) is 0.200. The second-order valence-corrected chi connectivity index (χ2v) is 8.70. The highest BCUT2D eigenvalue weighted by Gasteiger charge is 2.18. The number of aryl methyl sites for hydroxylation is 2. The van der Waals surface area contributed by atoms with Crippen LogP contribution in [0.1, 0.15) is 22.3 Å². The van der Waals surface area contributed by atoms with Crippen LogP contribution in [0.2, 0.25) is 0 Å². The molecule has 0 saturated carbocycles. The molecule has 164 valence electrons. The number of nitrogens with zero attached hydrogens (tertiary/aromatic N) is 5. The Morgan fingerprint density at radius 2 is 1.97 bits per heavy atom. The summed E-state index contributed by atoms with van der Waals surface area (Å²) in [4.78, 5) is 13.2. The van der Waals surface area contributed by atoms with Crippen molar-refractivity contribution in [3.8, 4) is 11.8 Å². The van der Waals surface area contributed by atoms with Crippen LogP contribution in [0.4, 0.5) is 0 Å². The lowest BCUT2D eigenvalue weighted by molar-refractivity contribution is 0.102. The Labute approximate surface area is 194 Å². The molecule has 0 saturated heterocycles. The first-order chi connectivity index (χ1) is 16.1. The first-order valence-electron chi connectivity index (χ1n) is 10.5. The third-order valence-electron chi connectivity index (χ3n) is 5.76. The maximum absolute atomic E-state index is 13.2. The summed E-state index contributed by atoms with van der Waals surface area (Å²) in [7, 11) is 1.64. The van der Waals surface area contributed by atoms with Gasteiger partial charge < -0.3 is 9.30 Å². The number of Topliss-reactive ketones (excluding diaryl/α,β-unsaturated/α-hetero) is 1. The molecule has 0 aliphatic heterocycles. The van der Waals surface area contributed by atoms with Crippen molar-refractivity contribution in [2.45, 2.75) is 25.0 Å². The fourth-order valence-corrected chi connectivity index (χ4v) is 4.99. The number of rotatable bonds is 7. The largest absolute Gasteiger partial charge is 0.497 e. The second kappa shape index (κ2) is 8.60. The lowest BCUT2D eigenvalue weighted by atomic mass is 10.1. The van der Waals surface area contributed by atoms with Crippen LogP contribution in [0.5, 0.6) is 5.75 Å². The van der Waals surface area contributed by atoms with Crippen molar-refractivity contribution in [3.63, 3.8) is 0 Å². The van der Waals surface area contributed by atoms with Crippen molar-refractivity contribution in [1.82, 2.24) is 19.2 Å². The third-order valence-corrected chi connectivity index (χ3v) is 6.69. The molecule has 5 aromatic rings. The van der Waals surface area contributed by atoms with Gasteiger partial charge in [-0.3, -0.25) is 9.20 Å². The van der Waals surface area contributed by atoms with Gasteiger partial charge in [-0.2, -0.15) is 5.26 Å². The quantitative estimate of drug-likeness (QED) is 0.252. The van der Waals surface area contributed by atoms with Gasteiger partial charge in [0.25, 0.3) is 0 Å². The van der Waals surface area contributed by atoms with Crippen molar-refractivity contribution < 1.29 is 9.53 Å². The van der Waals surface area contributed by atoms with Gasteiger partial charge in [-0.1, -0.05) is 30.0 Å². The van der Waals surface area contributed by atoms with E-state index in [-0.39, 0.29) is 11.5 Å². The molecule has 0 radical (unpaired) electrons. The van der Waals surface area contributed by atoms with Crippen molar-refractivity contribution in [2.24, 2.45) is 0 Å². The summed E-state index contributed by atoms with van der Waals surface area (Å²) in [5.41, 5.74) is 4.40. The van der Waals surface area contributed by atoms with E-state index < -0.39 is 0 Å². The molecule has 33 heavy (non-hydrogen) atoms. The summed E-state index contributed by atoms with van der Waals surface area (Å²) in [5.74, 6) is 0.991. The zero-order chi connectivity index (χ0) is 22.9. The molecule has 8 heteroatoms. The number of methoxy groups -OCH3 is 1. The second-order valence-electron chi connectivity index (χ2n) is 7.76. The van der Waals surface area contributed by atoms with E-state index in [1.54, 1.807) is 7.11 Å². The van der Waals surface area contributed by atoms with Crippen LogP contribution < -0.4 is 4.74 Å². The minimum absolute atomic E-state index is 0.0117. The number of fused-ring (bicyclic) bond motifs is 4. The highest BCUT2D eigenvalue weighted by atomic mass is 32.2. The maximum atomic E-state index is 13.2. The molecule has 0 aliphatic carbocycles. The molecular weight excluding hydrogens is 434 g/mol. The molecule has 3 aromatic heterocycles. The fourth-order valence-electron chi connectivity index (χ4n) is 4.16. The molecule has 0 N–H and O–H groups in total. The summed E-state index contributed by atoms with van der Waals surface area (Å²) in [6.07, 6.45) is 2.25. The van der Waals surface area contributed by atoms with Gasteiger partial charge in [-0.05, 0) is 36.8 Å². The van der Waals surface area contributed by atoms with Gasteiger partial charge in [-0.15, -0.1) is 10.2 Å². The molecule has 0 spiro atoms. The molecule has 0 atom stereocenters. The predicted octanol–water partition coefficient (Wildman–Crippen LogP) is 5.04. The smallest absolute Gasteiger partial charge is 0.196 e. The Balaban J connectivity index is 1.49. The zero-order valence-corrected chi connectivity index (χ0v) is 19.1. The minimum Gasteiger partial charge on any atom is -0.497 e. The molecule has 2 aromatic carbocycles. The molecule has 0 bridgehead atoms. The molecule has 0 aliphatic rings. The summed E-state index contributed by atoms with van der Waals surface area (Å²) >= 11 is 1.37. The Morgan fingerprint density at radius 3 is 2.79 bits per heavy atom. The number of ketones is 1. The van der Waals surface area contributed by atoms with E-state index in [0.717, 1.165) is 38.8 Å². The molecule has 7 nitrogen and oxygen atoms in total. The summed E-state index contributed by atoms with van der Waals surface area (Å²) in [6.45, 7) is 2.60. The number of benzene rings is 2. The number of para-hydroxylation sites is 1. The third kappa shape index (κ3) is 3.70. The SMILES string of the molecule is COc1ccc2c(C)cc3nnc(SCC(=O)c4cn(CCC#N)c5ccccc45)n3c2c1. The number of hydrogen-bond donors (Lipinski definition) is 0. The van der Waals surface area contributed by atoms with Gasteiger partial charge in [0.15, 0.2) is 16.6 Å². The number of nitriles is 1. The highest BCUT2D eigenvalue weighted by molar-refractivity contribution is 7.99. The Hall–Kier alpha value is -3.83. The number of thioether (sulfide) groups is 1. The zero-order valence-electron chi connectivity index (χ0n) is 18.3. The summed E-state index contributed by atoms with van der Waals surface area (Å²) < 4.78 is 9.37. The summed E-state index contributed by atoms with van der Waals surface area (Å²) in [5, 5.41) is 20.3. The maximum Gasteiger partial charge on any atom is 0.196 e. The van der Waals surface area contributed by atoms with E-state index >= 15 is 0 Å². The first-order valence-corrected chi connectivity index (χ1v) is 11.5. The van der Waals surface area contributed by atoms with Gasteiger partial charge in [0, 0.05) is 40.7 Å². The number of hydrogen-bond acceptors (Lipinski definition) is 6. The van der Waals surface area contributed by atoms with Gasteiger partial charge in [-0.25, -0.2) is 0 Å². The van der Waals surface area contributed by atoms with Gasteiger partial charge in [0.05, 0.1) is 30.9 Å². The highest BCUT2D eigenvalue weighted by Crippen LogP contribution is 2.30. The topological polar surface area (TPSA) is 85.2 Å². The predicted molar refractivity (Wildman–Crippen MR) is 129 cm³/mol. The lowest BCUT2D eigenvalue weighted by Crippen LogP contribution is -2.03. The van der Waals surface area contributed by atoms with Crippen LogP contribution in [0.3, 0.4) is 0 Å². The first kappa shape index (κ1) is 21.0. The Kier molecular flexibility index (Phi) is 5.48. The average Bonchev–Trinajstić information content (AvgIpc) is 3.42. The van der Waals surface area contributed by atoms with E-state index in [0.29, 0.717) is 23.7 Å².